The summed E-state index contributed by atoms with van der Waals surface area (Å²) in [7, 11) is -1.53. The highest BCUT2D eigenvalue weighted by atomic mass is 32.2. The smallest absolute Gasteiger partial charge is 0.214 e. The molecule has 1 aromatic rings. The highest BCUT2D eigenvalue weighted by Gasteiger charge is 2.27. The zero-order chi connectivity index (χ0) is 15.3. The van der Waals surface area contributed by atoms with E-state index >= 15 is 0 Å². The number of para-hydroxylation sites is 2. The van der Waals surface area contributed by atoms with Crippen molar-refractivity contribution in [3.63, 3.8) is 0 Å². The summed E-state index contributed by atoms with van der Waals surface area (Å²) in [4.78, 5) is 2.16. The first-order chi connectivity index (χ1) is 10.1. The van der Waals surface area contributed by atoms with Crippen molar-refractivity contribution < 1.29 is 13.2 Å². The topological polar surface area (TPSA) is 75.9 Å². The van der Waals surface area contributed by atoms with Crippen molar-refractivity contribution in [2.24, 2.45) is 5.73 Å². The molecule has 7 heteroatoms. The van der Waals surface area contributed by atoms with Gasteiger partial charge in [0.25, 0.3) is 0 Å². The van der Waals surface area contributed by atoms with Gasteiger partial charge in [0.05, 0.1) is 18.6 Å². The van der Waals surface area contributed by atoms with E-state index in [0.29, 0.717) is 39.1 Å². The molecule has 2 rings (SSSR count). The van der Waals surface area contributed by atoms with E-state index in [-0.39, 0.29) is 5.75 Å². The van der Waals surface area contributed by atoms with Crippen LogP contribution in [-0.4, -0.2) is 58.3 Å². The molecule has 0 radical (unpaired) electrons. The van der Waals surface area contributed by atoms with Crippen LogP contribution in [0.2, 0.25) is 0 Å². The molecule has 1 heterocycles. The molecule has 118 valence electrons. The Morgan fingerprint density at radius 1 is 1.19 bits per heavy atom. The molecule has 6 nitrogen and oxygen atoms in total. The van der Waals surface area contributed by atoms with E-state index in [9.17, 15) is 8.42 Å². The van der Waals surface area contributed by atoms with E-state index in [4.69, 9.17) is 10.5 Å². The second-order valence-corrected chi connectivity index (χ2v) is 7.10. The lowest BCUT2D eigenvalue weighted by Gasteiger charge is -2.35. The number of sulfonamides is 1. The first-order valence-electron chi connectivity index (χ1n) is 7.14. The lowest BCUT2D eigenvalue weighted by molar-refractivity contribution is 0.378. The number of nitrogens with two attached hydrogens (primary N) is 1. The summed E-state index contributed by atoms with van der Waals surface area (Å²) in [5, 5.41) is 0. The summed E-state index contributed by atoms with van der Waals surface area (Å²) in [6.45, 7) is 2.75. The van der Waals surface area contributed by atoms with E-state index in [1.54, 1.807) is 11.4 Å². The molecule has 0 aliphatic carbocycles. The van der Waals surface area contributed by atoms with Gasteiger partial charge in [-0.05, 0) is 25.1 Å². The normalized spacial score (nSPS) is 17.0. The SMILES string of the molecule is COc1ccccc1N1CCN(S(=O)(=O)CCCN)CC1. The van der Waals surface area contributed by atoms with Crippen LogP contribution in [0.15, 0.2) is 24.3 Å². The molecule has 0 atom stereocenters. The maximum absolute atomic E-state index is 12.1. The number of hydrogen-bond acceptors (Lipinski definition) is 5. The monoisotopic (exact) mass is 313 g/mol. The summed E-state index contributed by atoms with van der Waals surface area (Å²) in [5.41, 5.74) is 6.40. The molecule has 0 spiro atoms. The summed E-state index contributed by atoms with van der Waals surface area (Å²) >= 11 is 0. The molecule has 0 saturated carbocycles. The van der Waals surface area contributed by atoms with Gasteiger partial charge in [0.2, 0.25) is 10.0 Å². The fraction of sp³-hybridized carbons (Fsp3) is 0.571. The average Bonchev–Trinajstić information content (AvgIpc) is 2.53. The van der Waals surface area contributed by atoms with E-state index in [0.717, 1.165) is 11.4 Å². The molecule has 0 bridgehead atoms. The van der Waals surface area contributed by atoms with Crippen LogP contribution in [0.5, 0.6) is 5.75 Å². The van der Waals surface area contributed by atoms with Gasteiger partial charge in [0.15, 0.2) is 0 Å². The molecule has 1 aromatic carbocycles. The molecule has 0 amide bonds. The highest BCUT2D eigenvalue weighted by molar-refractivity contribution is 7.89. The Kier molecular flexibility index (Phi) is 5.44. The number of hydrogen-bond donors (Lipinski definition) is 1. The van der Waals surface area contributed by atoms with Crippen molar-refractivity contribution in [2.75, 3.05) is 50.5 Å². The maximum atomic E-state index is 12.1. The largest absolute Gasteiger partial charge is 0.495 e. The molecular formula is C14H23N3O3S. The molecule has 2 N–H and O–H groups in total. The predicted molar refractivity (Wildman–Crippen MR) is 84.2 cm³/mol. The van der Waals surface area contributed by atoms with Crippen molar-refractivity contribution in [1.82, 2.24) is 4.31 Å². The number of ether oxygens (including phenoxy) is 1. The zero-order valence-electron chi connectivity index (χ0n) is 12.4. The van der Waals surface area contributed by atoms with Crippen LogP contribution in [0.25, 0.3) is 0 Å². The van der Waals surface area contributed by atoms with Gasteiger partial charge in [0, 0.05) is 26.2 Å². The van der Waals surface area contributed by atoms with Gasteiger partial charge in [-0.2, -0.15) is 4.31 Å². The van der Waals surface area contributed by atoms with Gasteiger partial charge >= 0.3 is 0 Å². The second kappa shape index (κ2) is 7.11. The standard InChI is InChI=1S/C14H23N3O3S/c1-20-14-6-3-2-5-13(14)16-8-10-17(11-9-16)21(18,19)12-4-7-15/h2-3,5-6H,4,7-12,15H2,1H3. The lowest BCUT2D eigenvalue weighted by Crippen LogP contribution is -2.49. The van der Waals surface area contributed by atoms with Crippen molar-refractivity contribution in [1.29, 1.82) is 0 Å². The summed E-state index contributed by atoms with van der Waals surface area (Å²) in [6, 6.07) is 7.80. The molecule has 0 unspecified atom stereocenters. The molecule has 21 heavy (non-hydrogen) atoms. The van der Waals surface area contributed by atoms with Crippen LogP contribution in [0.3, 0.4) is 0 Å². The average molecular weight is 313 g/mol. The summed E-state index contributed by atoms with van der Waals surface area (Å²) < 4.78 is 31.2. The van der Waals surface area contributed by atoms with Crippen molar-refractivity contribution in [3.8, 4) is 5.75 Å². The van der Waals surface area contributed by atoms with Crippen molar-refractivity contribution in [2.45, 2.75) is 6.42 Å². The molecule has 1 saturated heterocycles. The molecule has 1 aliphatic heterocycles. The molecule has 0 aromatic heterocycles. The summed E-state index contributed by atoms with van der Waals surface area (Å²) in [5.74, 6) is 0.954. The van der Waals surface area contributed by atoms with Gasteiger partial charge < -0.3 is 15.4 Å². The third kappa shape index (κ3) is 3.87. The minimum Gasteiger partial charge on any atom is -0.495 e. The Bertz CT molecular complexity index is 554. The fourth-order valence-electron chi connectivity index (χ4n) is 2.49. The van der Waals surface area contributed by atoms with Gasteiger partial charge in [-0.15, -0.1) is 0 Å². The first kappa shape index (κ1) is 16.1. The Morgan fingerprint density at radius 2 is 1.86 bits per heavy atom. The number of nitrogens with zero attached hydrogens (tertiary/aromatic N) is 2. The van der Waals surface area contributed by atoms with Gasteiger partial charge in [-0.1, -0.05) is 12.1 Å². The Morgan fingerprint density at radius 3 is 2.48 bits per heavy atom. The Hall–Kier alpha value is -1.31. The van der Waals surface area contributed by atoms with Crippen LogP contribution < -0.4 is 15.4 Å². The number of piperazine rings is 1. The van der Waals surface area contributed by atoms with E-state index in [1.807, 2.05) is 24.3 Å². The van der Waals surface area contributed by atoms with E-state index in [1.165, 1.54) is 0 Å². The fourth-order valence-corrected chi connectivity index (χ4v) is 4.00. The highest BCUT2D eigenvalue weighted by Crippen LogP contribution is 2.28. The Balaban J connectivity index is 2.00. The van der Waals surface area contributed by atoms with Crippen LogP contribution in [0.4, 0.5) is 5.69 Å². The zero-order valence-corrected chi connectivity index (χ0v) is 13.2. The molecule has 1 fully saturated rings. The van der Waals surface area contributed by atoms with E-state index in [2.05, 4.69) is 4.90 Å². The van der Waals surface area contributed by atoms with Gasteiger partial charge in [-0.25, -0.2) is 8.42 Å². The Labute approximate surface area is 126 Å². The number of anilines is 1. The van der Waals surface area contributed by atoms with E-state index < -0.39 is 10.0 Å². The minimum atomic E-state index is -3.17. The third-order valence-electron chi connectivity index (χ3n) is 3.66. The summed E-state index contributed by atoms with van der Waals surface area (Å²) in [6.07, 6.45) is 0.509. The quantitative estimate of drug-likeness (QED) is 0.827. The molecular weight excluding hydrogens is 290 g/mol. The number of rotatable bonds is 6. The van der Waals surface area contributed by atoms with Gasteiger partial charge in [-0.3, -0.25) is 0 Å². The molecule has 1 aliphatic rings. The number of methoxy groups -OCH3 is 1. The first-order valence-corrected chi connectivity index (χ1v) is 8.75. The predicted octanol–water partition coefficient (Wildman–Crippen LogP) is 0.496. The van der Waals surface area contributed by atoms with Crippen LogP contribution in [0.1, 0.15) is 6.42 Å². The third-order valence-corrected chi connectivity index (χ3v) is 5.62. The lowest BCUT2D eigenvalue weighted by atomic mass is 10.2. The number of benzene rings is 1. The van der Waals surface area contributed by atoms with Crippen molar-refractivity contribution >= 4 is 15.7 Å². The van der Waals surface area contributed by atoms with Crippen molar-refractivity contribution in [3.05, 3.63) is 24.3 Å². The minimum absolute atomic E-state index is 0.137. The maximum Gasteiger partial charge on any atom is 0.214 e. The van der Waals surface area contributed by atoms with Gasteiger partial charge in [0.1, 0.15) is 5.75 Å². The second-order valence-electron chi connectivity index (χ2n) is 5.02. The van der Waals surface area contributed by atoms with Crippen LogP contribution >= 0.6 is 0 Å². The van der Waals surface area contributed by atoms with Crippen LogP contribution in [0, 0.1) is 0 Å². The van der Waals surface area contributed by atoms with Crippen LogP contribution in [-0.2, 0) is 10.0 Å².